The van der Waals surface area contributed by atoms with E-state index in [1.54, 1.807) is 47.0 Å². The number of carbonyl (C=O) groups excluding carboxylic acids is 3. The lowest BCUT2D eigenvalue weighted by Gasteiger charge is -2.11. The Bertz CT molecular complexity index is 1470. The van der Waals surface area contributed by atoms with E-state index in [0.29, 0.717) is 28.0 Å². The van der Waals surface area contributed by atoms with Gasteiger partial charge in [0.25, 0.3) is 0 Å². The number of fused-ring (bicyclic) bond motifs is 1. The molecule has 0 aliphatic carbocycles. The minimum Gasteiger partial charge on any atom is -0.465 e. The fourth-order valence-electron chi connectivity index (χ4n) is 3.75. The van der Waals surface area contributed by atoms with Crippen LogP contribution in [0.1, 0.15) is 50.2 Å². The summed E-state index contributed by atoms with van der Waals surface area (Å²) in [6.07, 6.45) is 2.70. The number of hydrogen-bond donors (Lipinski definition) is 2. The highest BCUT2D eigenvalue weighted by atomic mass is 32.2. The smallest absolute Gasteiger partial charge is 0.340 e. The summed E-state index contributed by atoms with van der Waals surface area (Å²) in [5.74, 6) is -1.23. The number of nitrogens with zero attached hydrogens (tertiary/aromatic N) is 2. The van der Waals surface area contributed by atoms with Crippen molar-refractivity contribution >= 4 is 41.1 Å². The van der Waals surface area contributed by atoms with Gasteiger partial charge in [0.05, 0.1) is 42.2 Å². The van der Waals surface area contributed by atoms with Gasteiger partial charge in [0, 0.05) is 36.0 Å². The van der Waals surface area contributed by atoms with E-state index in [0.717, 1.165) is 13.0 Å². The van der Waals surface area contributed by atoms with E-state index in [1.165, 1.54) is 32.4 Å². The highest BCUT2D eigenvalue weighted by Gasteiger charge is 2.23. The van der Waals surface area contributed by atoms with Gasteiger partial charge in [-0.1, -0.05) is 25.1 Å². The van der Waals surface area contributed by atoms with Crippen LogP contribution in [0.5, 0.6) is 0 Å². The number of nitrogens with one attached hydrogen (secondary N) is 2. The number of ether oxygens (including phenoxy) is 2. The number of anilines is 1. The largest absolute Gasteiger partial charge is 0.465 e. The Balaban J connectivity index is 1.75. The third kappa shape index (κ3) is 5.50. The molecule has 0 atom stereocenters. The van der Waals surface area contributed by atoms with Gasteiger partial charge < -0.3 is 14.2 Å². The lowest BCUT2D eigenvalue weighted by Crippen LogP contribution is -2.13. The number of methoxy groups -OCH3 is 2. The maximum atomic E-state index is 13.7. The van der Waals surface area contributed by atoms with E-state index >= 15 is 0 Å². The number of pyridine rings is 1. The highest BCUT2D eigenvalue weighted by molar-refractivity contribution is 7.98. The second-order valence-electron chi connectivity index (χ2n) is 7.99. The topological polar surface area (TPSA) is 111 Å². The minimum absolute atomic E-state index is 0.171. The van der Waals surface area contributed by atoms with Crippen LogP contribution < -0.4 is 9.44 Å². The van der Waals surface area contributed by atoms with Gasteiger partial charge in [-0.25, -0.2) is 19.3 Å². The average Bonchev–Trinajstić information content (AvgIpc) is 3.34. The average molecular weight is 519 g/mol. The molecule has 190 valence electrons. The Morgan fingerprint density at radius 2 is 1.76 bits per heavy atom. The van der Waals surface area contributed by atoms with Crippen LogP contribution in [0.3, 0.4) is 0 Å². The molecule has 0 aliphatic rings. The quantitative estimate of drug-likeness (QED) is 0.133. The molecule has 0 aliphatic heterocycles. The summed E-state index contributed by atoms with van der Waals surface area (Å²) in [5, 5.41) is 0. The fourth-order valence-corrected chi connectivity index (χ4v) is 4.41. The Hall–Kier alpha value is -4.15. The molecule has 0 fully saturated rings. The number of rotatable bonds is 10. The van der Waals surface area contributed by atoms with E-state index in [-0.39, 0.29) is 22.7 Å². The molecule has 2 N–H and O–H groups in total. The summed E-state index contributed by atoms with van der Waals surface area (Å²) < 4.78 is 17.7. The van der Waals surface area contributed by atoms with E-state index < -0.39 is 11.9 Å². The van der Waals surface area contributed by atoms with Gasteiger partial charge in [-0.2, -0.15) is 0 Å². The molecule has 2 aromatic heterocycles. The maximum Gasteiger partial charge on any atom is 0.340 e. The molecule has 0 unspecified atom stereocenters. The second kappa shape index (κ2) is 11.7. The number of benzene rings is 2. The van der Waals surface area contributed by atoms with Crippen LogP contribution in [0, 0.1) is 0 Å². The van der Waals surface area contributed by atoms with Gasteiger partial charge >= 0.3 is 11.9 Å². The summed E-state index contributed by atoms with van der Waals surface area (Å²) in [4.78, 5) is 42.8. The van der Waals surface area contributed by atoms with Crippen LogP contribution >= 0.6 is 12.1 Å². The first-order valence-corrected chi connectivity index (χ1v) is 12.4. The summed E-state index contributed by atoms with van der Waals surface area (Å²) in [5.41, 5.74) is 3.30. The third-order valence-corrected chi connectivity index (χ3v) is 6.25. The maximum absolute atomic E-state index is 13.7. The molecule has 2 aromatic carbocycles. The number of imidazole rings is 1. The predicted molar refractivity (Wildman–Crippen MR) is 143 cm³/mol. The Labute approximate surface area is 218 Å². The molecule has 0 bridgehead atoms. The summed E-state index contributed by atoms with van der Waals surface area (Å²) in [6, 6.07) is 17.2. The molecule has 0 radical (unpaired) electrons. The first-order chi connectivity index (χ1) is 18.0. The van der Waals surface area contributed by atoms with Crippen molar-refractivity contribution in [3.05, 3.63) is 89.4 Å². The number of hydrogen-bond acceptors (Lipinski definition) is 9. The minimum atomic E-state index is -0.568. The molecule has 0 spiro atoms. The summed E-state index contributed by atoms with van der Waals surface area (Å²) in [6.45, 7) is 2.84. The van der Waals surface area contributed by atoms with Crippen molar-refractivity contribution in [1.82, 2.24) is 14.1 Å². The zero-order valence-electron chi connectivity index (χ0n) is 20.6. The van der Waals surface area contributed by atoms with Crippen LogP contribution in [0.25, 0.3) is 16.8 Å². The first-order valence-electron chi connectivity index (χ1n) is 11.6. The van der Waals surface area contributed by atoms with Gasteiger partial charge in [0.1, 0.15) is 0 Å². The molecule has 4 rings (SSSR count). The molecule has 2 heterocycles. The van der Waals surface area contributed by atoms with Crippen molar-refractivity contribution in [1.29, 1.82) is 0 Å². The van der Waals surface area contributed by atoms with Gasteiger partial charge in [-0.15, -0.1) is 0 Å². The van der Waals surface area contributed by atoms with Gasteiger partial charge in [-0.3, -0.25) is 9.20 Å². The van der Waals surface area contributed by atoms with E-state index in [4.69, 9.17) is 9.47 Å². The second-order valence-corrected chi connectivity index (χ2v) is 8.69. The van der Waals surface area contributed by atoms with Crippen molar-refractivity contribution < 1.29 is 23.9 Å². The lowest BCUT2D eigenvalue weighted by atomic mass is 10.0. The molecule has 4 aromatic rings. The normalized spacial score (nSPS) is 10.8. The van der Waals surface area contributed by atoms with E-state index in [9.17, 15) is 14.4 Å². The highest BCUT2D eigenvalue weighted by Crippen LogP contribution is 2.28. The standard InChI is InChI=1S/C27H26N4O5S/c1-4-13-28-37-30-21-12-11-18(16-20(21)27(34)36-3)24(32)25-29-23(22-10-5-6-14-31(22)25)17-8-7-9-19(15-17)26(33)35-2/h5-12,14-16,28,30H,4,13H2,1-3H3. The zero-order chi connectivity index (χ0) is 26.4. The van der Waals surface area contributed by atoms with Gasteiger partial charge in [0.15, 0.2) is 5.82 Å². The molecular formula is C27H26N4O5S. The number of carbonyl (C=O) groups is 3. The van der Waals surface area contributed by atoms with Gasteiger partial charge in [-0.05, 0) is 48.9 Å². The van der Waals surface area contributed by atoms with Gasteiger partial charge in [0.2, 0.25) is 5.78 Å². The Morgan fingerprint density at radius 1 is 0.946 bits per heavy atom. The van der Waals surface area contributed by atoms with Crippen molar-refractivity contribution in [3.8, 4) is 11.3 Å². The summed E-state index contributed by atoms with van der Waals surface area (Å²) in [7, 11) is 2.61. The Kier molecular flexibility index (Phi) is 8.22. The molecule has 9 nitrogen and oxygen atoms in total. The first kappa shape index (κ1) is 25.9. The fraction of sp³-hybridized carbons (Fsp3) is 0.185. The van der Waals surface area contributed by atoms with Crippen molar-refractivity contribution in [2.24, 2.45) is 0 Å². The number of aromatic nitrogens is 2. The SMILES string of the molecule is CCCNSNc1ccc(C(=O)c2nc(-c3cccc(C(=O)OC)c3)c3ccccn23)cc1C(=O)OC. The van der Waals surface area contributed by atoms with E-state index in [1.807, 2.05) is 18.2 Å². The molecular weight excluding hydrogens is 492 g/mol. The zero-order valence-corrected chi connectivity index (χ0v) is 21.4. The van der Waals surface area contributed by atoms with Crippen LogP contribution in [0.4, 0.5) is 5.69 Å². The van der Waals surface area contributed by atoms with Crippen molar-refractivity contribution in [2.75, 3.05) is 25.5 Å². The molecule has 10 heteroatoms. The molecule has 37 heavy (non-hydrogen) atoms. The van der Waals surface area contributed by atoms with Crippen LogP contribution in [-0.4, -0.2) is 47.9 Å². The summed E-state index contributed by atoms with van der Waals surface area (Å²) >= 11 is 1.25. The number of esters is 2. The Morgan fingerprint density at radius 3 is 2.51 bits per heavy atom. The number of ketones is 1. The van der Waals surface area contributed by atoms with Crippen molar-refractivity contribution in [2.45, 2.75) is 13.3 Å². The molecule has 0 saturated heterocycles. The van der Waals surface area contributed by atoms with Crippen LogP contribution in [0.15, 0.2) is 66.9 Å². The van der Waals surface area contributed by atoms with Crippen LogP contribution in [-0.2, 0) is 9.47 Å². The lowest BCUT2D eigenvalue weighted by molar-refractivity contribution is 0.0592. The molecule has 0 amide bonds. The van der Waals surface area contributed by atoms with Crippen LogP contribution in [0.2, 0.25) is 0 Å². The predicted octanol–water partition coefficient (Wildman–Crippen LogP) is 4.78. The molecule has 0 saturated carbocycles. The van der Waals surface area contributed by atoms with Crippen molar-refractivity contribution in [3.63, 3.8) is 0 Å². The third-order valence-electron chi connectivity index (χ3n) is 5.58. The van der Waals surface area contributed by atoms with E-state index in [2.05, 4.69) is 21.4 Å². The monoisotopic (exact) mass is 518 g/mol.